The first-order chi connectivity index (χ1) is 10.1. The summed E-state index contributed by atoms with van der Waals surface area (Å²) in [5.41, 5.74) is 2.53. The Labute approximate surface area is 136 Å². The van der Waals surface area contributed by atoms with Gasteiger partial charge in [0.15, 0.2) is 0 Å². The maximum atomic E-state index is 4.61. The number of nitrogens with zero attached hydrogens (tertiary/aromatic N) is 1. The molecule has 0 radical (unpaired) electrons. The molecular weight excluding hydrogens is 296 g/mol. The second-order valence-corrected chi connectivity index (χ2v) is 7.62. The zero-order valence-corrected chi connectivity index (χ0v) is 14.9. The van der Waals surface area contributed by atoms with Crippen molar-refractivity contribution in [1.29, 1.82) is 0 Å². The molecule has 1 aromatic heterocycles. The molecule has 0 aliphatic heterocycles. The van der Waals surface area contributed by atoms with Crippen molar-refractivity contribution >= 4 is 23.1 Å². The lowest BCUT2D eigenvalue weighted by Crippen LogP contribution is -2.19. The maximum Gasteiger partial charge on any atom is 0.103 e. The van der Waals surface area contributed by atoms with E-state index >= 15 is 0 Å². The van der Waals surface area contributed by atoms with Crippen LogP contribution in [0, 0.1) is 13.8 Å². The van der Waals surface area contributed by atoms with E-state index in [2.05, 4.69) is 62.3 Å². The van der Waals surface area contributed by atoms with E-state index in [1.165, 1.54) is 32.5 Å². The third kappa shape index (κ3) is 4.83. The summed E-state index contributed by atoms with van der Waals surface area (Å²) in [7, 11) is 0. The average Bonchev–Trinajstić information content (AvgIpc) is 2.81. The number of aryl methyl sites for hydroxylation is 2. The lowest BCUT2D eigenvalue weighted by atomic mass is 10.1. The molecule has 0 aliphatic carbocycles. The Morgan fingerprint density at radius 2 is 2.14 bits per heavy atom. The van der Waals surface area contributed by atoms with E-state index in [0.29, 0.717) is 6.04 Å². The zero-order chi connectivity index (χ0) is 15.2. The predicted molar refractivity (Wildman–Crippen MR) is 94.3 cm³/mol. The number of benzene rings is 1. The monoisotopic (exact) mass is 320 g/mol. The molecule has 21 heavy (non-hydrogen) atoms. The van der Waals surface area contributed by atoms with Gasteiger partial charge in [-0.3, -0.25) is 0 Å². The standard InChI is InChI=1S/C17H24N2S2/c1-5-9-18-13(3)15-7-6-8-16(10-15)20-11-17-19-12(2)14(4)21-17/h6-8,10,13,18H,5,9,11H2,1-4H3. The highest BCUT2D eigenvalue weighted by Crippen LogP contribution is 2.28. The first kappa shape index (κ1) is 16.5. The van der Waals surface area contributed by atoms with Crippen LogP contribution in [-0.2, 0) is 5.75 Å². The number of rotatable bonds is 7. The van der Waals surface area contributed by atoms with Gasteiger partial charge >= 0.3 is 0 Å². The normalized spacial score (nSPS) is 12.6. The highest BCUT2D eigenvalue weighted by Gasteiger charge is 2.07. The molecule has 2 nitrogen and oxygen atoms in total. The van der Waals surface area contributed by atoms with E-state index in [1.807, 2.05) is 23.1 Å². The van der Waals surface area contributed by atoms with Crippen molar-refractivity contribution in [2.24, 2.45) is 0 Å². The number of thioether (sulfide) groups is 1. The Hall–Kier alpha value is -0.840. The molecule has 114 valence electrons. The Morgan fingerprint density at radius 3 is 2.81 bits per heavy atom. The highest BCUT2D eigenvalue weighted by molar-refractivity contribution is 7.98. The fourth-order valence-electron chi connectivity index (χ4n) is 2.10. The van der Waals surface area contributed by atoms with Crippen molar-refractivity contribution < 1.29 is 0 Å². The Kier molecular flexibility index (Phi) is 6.27. The topological polar surface area (TPSA) is 24.9 Å². The van der Waals surface area contributed by atoms with E-state index in [4.69, 9.17) is 0 Å². The van der Waals surface area contributed by atoms with Gasteiger partial charge in [0, 0.05) is 15.8 Å². The zero-order valence-electron chi connectivity index (χ0n) is 13.3. The van der Waals surface area contributed by atoms with Gasteiger partial charge in [-0.2, -0.15) is 0 Å². The number of nitrogens with one attached hydrogen (secondary N) is 1. The van der Waals surface area contributed by atoms with E-state index < -0.39 is 0 Å². The van der Waals surface area contributed by atoms with Gasteiger partial charge in [0.25, 0.3) is 0 Å². The molecule has 0 aliphatic rings. The first-order valence-corrected chi connectivity index (χ1v) is 9.29. The molecule has 1 aromatic carbocycles. The summed E-state index contributed by atoms with van der Waals surface area (Å²) in [4.78, 5) is 7.26. The van der Waals surface area contributed by atoms with E-state index in [1.54, 1.807) is 0 Å². The van der Waals surface area contributed by atoms with E-state index in [0.717, 1.165) is 12.3 Å². The SMILES string of the molecule is CCCNC(C)c1cccc(SCc2nc(C)c(C)s2)c1. The van der Waals surface area contributed by atoms with Crippen LogP contribution in [0.1, 0.15) is 47.5 Å². The molecule has 1 atom stereocenters. The summed E-state index contributed by atoms with van der Waals surface area (Å²) in [6.07, 6.45) is 1.17. The van der Waals surface area contributed by atoms with Crippen molar-refractivity contribution in [3.8, 4) is 0 Å². The largest absolute Gasteiger partial charge is 0.310 e. The van der Waals surface area contributed by atoms with Crippen molar-refractivity contribution in [2.45, 2.75) is 50.8 Å². The van der Waals surface area contributed by atoms with Gasteiger partial charge in [0.2, 0.25) is 0 Å². The van der Waals surface area contributed by atoms with Crippen molar-refractivity contribution in [1.82, 2.24) is 10.3 Å². The first-order valence-electron chi connectivity index (χ1n) is 7.49. The van der Waals surface area contributed by atoms with E-state index in [-0.39, 0.29) is 0 Å². The van der Waals surface area contributed by atoms with Crippen molar-refractivity contribution in [3.63, 3.8) is 0 Å². The Balaban J connectivity index is 1.97. The van der Waals surface area contributed by atoms with Crippen molar-refractivity contribution in [3.05, 3.63) is 45.4 Å². The molecule has 1 N–H and O–H groups in total. The minimum Gasteiger partial charge on any atom is -0.310 e. The number of thiazole rings is 1. The molecule has 1 heterocycles. The van der Waals surface area contributed by atoms with Crippen LogP contribution < -0.4 is 5.32 Å². The molecule has 1 unspecified atom stereocenters. The van der Waals surface area contributed by atoms with Gasteiger partial charge < -0.3 is 5.32 Å². The lowest BCUT2D eigenvalue weighted by molar-refractivity contribution is 0.570. The van der Waals surface area contributed by atoms with Gasteiger partial charge in [-0.05, 0) is 51.4 Å². The summed E-state index contributed by atoms with van der Waals surface area (Å²) >= 11 is 3.68. The Bertz CT molecular complexity index is 558. The average molecular weight is 321 g/mol. The molecule has 4 heteroatoms. The number of hydrogen-bond acceptors (Lipinski definition) is 4. The fraction of sp³-hybridized carbons (Fsp3) is 0.471. The van der Waals surface area contributed by atoms with E-state index in [9.17, 15) is 0 Å². The summed E-state index contributed by atoms with van der Waals surface area (Å²) in [6.45, 7) is 9.72. The van der Waals surface area contributed by atoms with Crippen LogP contribution in [0.15, 0.2) is 29.2 Å². The molecule has 0 saturated carbocycles. The van der Waals surface area contributed by atoms with Crippen LogP contribution in [0.25, 0.3) is 0 Å². The third-order valence-electron chi connectivity index (χ3n) is 3.49. The minimum absolute atomic E-state index is 0.412. The Morgan fingerprint density at radius 1 is 1.33 bits per heavy atom. The fourth-order valence-corrected chi connectivity index (χ4v) is 3.99. The molecule has 0 bridgehead atoms. The summed E-state index contributed by atoms with van der Waals surface area (Å²) in [5.74, 6) is 0.958. The van der Waals surface area contributed by atoms with Crippen LogP contribution in [0.5, 0.6) is 0 Å². The van der Waals surface area contributed by atoms with Crippen LogP contribution in [0.2, 0.25) is 0 Å². The summed E-state index contributed by atoms with van der Waals surface area (Å²) in [5, 5.41) is 4.76. The molecule has 0 fully saturated rings. The van der Waals surface area contributed by atoms with Crippen LogP contribution >= 0.6 is 23.1 Å². The van der Waals surface area contributed by atoms with Gasteiger partial charge in [-0.15, -0.1) is 23.1 Å². The lowest BCUT2D eigenvalue weighted by Gasteiger charge is -2.14. The molecule has 0 spiro atoms. The quantitative estimate of drug-likeness (QED) is 0.717. The molecule has 0 saturated heterocycles. The number of aromatic nitrogens is 1. The van der Waals surface area contributed by atoms with Gasteiger partial charge in [0.05, 0.1) is 11.4 Å². The predicted octanol–water partition coefficient (Wildman–Crippen LogP) is 5.11. The van der Waals surface area contributed by atoms with Gasteiger partial charge in [-0.25, -0.2) is 4.98 Å². The van der Waals surface area contributed by atoms with Crippen molar-refractivity contribution in [2.75, 3.05) is 6.54 Å². The molecule has 2 rings (SSSR count). The van der Waals surface area contributed by atoms with Gasteiger partial charge in [-0.1, -0.05) is 19.1 Å². The third-order valence-corrected chi connectivity index (χ3v) is 5.75. The summed E-state index contributed by atoms with van der Waals surface area (Å²) < 4.78 is 0. The smallest absolute Gasteiger partial charge is 0.103 e. The molecular formula is C17H24N2S2. The van der Waals surface area contributed by atoms with Crippen LogP contribution in [0.4, 0.5) is 0 Å². The molecule has 2 aromatic rings. The van der Waals surface area contributed by atoms with Gasteiger partial charge in [0.1, 0.15) is 5.01 Å². The summed E-state index contributed by atoms with van der Waals surface area (Å²) in [6, 6.07) is 9.25. The second kappa shape index (κ2) is 7.97. The number of hydrogen-bond donors (Lipinski definition) is 1. The van der Waals surface area contributed by atoms with Crippen LogP contribution in [0.3, 0.4) is 0 Å². The minimum atomic E-state index is 0.412. The second-order valence-electron chi connectivity index (χ2n) is 5.29. The maximum absolute atomic E-state index is 4.61. The highest BCUT2D eigenvalue weighted by atomic mass is 32.2. The molecule has 0 amide bonds. The van der Waals surface area contributed by atoms with Crippen LogP contribution in [-0.4, -0.2) is 11.5 Å².